The maximum Gasteiger partial charge on any atom is 0 e. The van der Waals surface area contributed by atoms with E-state index in [0.29, 0.717) is 0 Å². The molecule has 0 radical (unpaired) electrons. The first-order valence-electron chi connectivity index (χ1n) is 7.70. The van der Waals surface area contributed by atoms with E-state index in [1.165, 1.54) is 51.4 Å². The minimum absolute atomic E-state index is 0. The Hall–Kier alpha value is 0.568. The van der Waals surface area contributed by atoms with Gasteiger partial charge < -0.3 is 23.1 Å². The summed E-state index contributed by atoms with van der Waals surface area (Å²) in [6, 6.07) is 0. The molecule has 3 nitrogen and oxygen atoms in total. The standard InChI is InChI=1S/C13H29N2.C2H7N.W/c1-2-3-4-8-13(10-7-12-15)9-5-6-11-14;1-2-3;/h2-12,14-15H2,1H3;2-3H2,1H3;/q-1;;. The minimum Gasteiger partial charge on any atom is -0.331 e. The normalized spacial score (nSPS) is 9.79. The largest absolute Gasteiger partial charge is 0.331 e. The molecule has 0 saturated heterocycles. The summed E-state index contributed by atoms with van der Waals surface area (Å²) >= 11 is 0. The summed E-state index contributed by atoms with van der Waals surface area (Å²) in [5.41, 5.74) is 15.9. The van der Waals surface area contributed by atoms with Crippen LogP contribution in [0, 0.1) is 5.92 Å². The number of rotatable bonds is 11. The van der Waals surface area contributed by atoms with E-state index >= 15 is 0 Å². The fraction of sp³-hybridized carbons (Fsp3) is 0.933. The van der Waals surface area contributed by atoms with Gasteiger partial charge in [0.1, 0.15) is 0 Å². The van der Waals surface area contributed by atoms with Crippen LogP contribution in [0.25, 0.3) is 0 Å². The summed E-state index contributed by atoms with van der Waals surface area (Å²) in [7, 11) is 0. The van der Waals surface area contributed by atoms with Crippen molar-refractivity contribution < 1.29 is 21.1 Å². The maximum absolute atomic E-state index is 5.55. The van der Waals surface area contributed by atoms with Gasteiger partial charge in [0, 0.05) is 21.1 Å². The first-order chi connectivity index (χ1) is 8.76. The van der Waals surface area contributed by atoms with Crippen molar-refractivity contribution in [2.45, 2.75) is 71.6 Å². The third kappa shape index (κ3) is 24.0. The second kappa shape index (κ2) is 23.6. The van der Waals surface area contributed by atoms with Gasteiger partial charge in [0.25, 0.3) is 0 Å². The van der Waals surface area contributed by atoms with Gasteiger partial charge >= 0.3 is 0 Å². The van der Waals surface area contributed by atoms with E-state index in [1.807, 2.05) is 6.92 Å². The Kier molecular flexibility index (Phi) is 30.6. The fourth-order valence-electron chi connectivity index (χ4n) is 1.87. The van der Waals surface area contributed by atoms with Gasteiger partial charge in [0.05, 0.1) is 0 Å². The number of nitrogens with two attached hydrogens (primary N) is 3. The molecule has 0 aliphatic carbocycles. The molecule has 4 heteroatoms. The van der Waals surface area contributed by atoms with Crippen LogP contribution in [0.1, 0.15) is 71.6 Å². The third-order valence-corrected chi connectivity index (χ3v) is 2.85. The molecular weight excluding hydrogens is 406 g/mol. The first-order valence-corrected chi connectivity index (χ1v) is 7.70. The van der Waals surface area contributed by atoms with Crippen molar-refractivity contribution >= 4 is 0 Å². The molecule has 0 aliphatic heterocycles. The Morgan fingerprint density at radius 2 is 1.11 bits per heavy atom. The number of hydrogen-bond donors (Lipinski definition) is 3. The van der Waals surface area contributed by atoms with E-state index in [1.54, 1.807) is 5.92 Å². The van der Waals surface area contributed by atoms with E-state index < -0.39 is 0 Å². The fourth-order valence-corrected chi connectivity index (χ4v) is 1.87. The van der Waals surface area contributed by atoms with Crippen LogP contribution in [0.2, 0.25) is 0 Å². The van der Waals surface area contributed by atoms with E-state index in [9.17, 15) is 0 Å². The van der Waals surface area contributed by atoms with Crippen LogP contribution in [-0.2, 0) is 21.1 Å². The van der Waals surface area contributed by atoms with Crippen LogP contribution in [-0.4, -0.2) is 19.6 Å². The molecule has 118 valence electrons. The monoisotopic (exact) mass is 442 g/mol. The topological polar surface area (TPSA) is 78.1 Å². The van der Waals surface area contributed by atoms with Crippen LogP contribution >= 0.6 is 0 Å². The SMILES string of the molecule is CCCCC[C-](CCCN)CCCCN.CCN.[W]. The first kappa shape index (κ1) is 24.6. The molecule has 0 bridgehead atoms. The zero-order valence-electron chi connectivity index (χ0n) is 13.1. The van der Waals surface area contributed by atoms with Gasteiger partial charge in [-0.15, -0.1) is 0 Å². The minimum atomic E-state index is 0. The van der Waals surface area contributed by atoms with Gasteiger partial charge in [-0.3, -0.25) is 0 Å². The molecule has 0 spiro atoms. The second-order valence-electron chi connectivity index (χ2n) is 4.75. The molecule has 0 rings (SSSR count). The van der Waals surface area contributed by atoms with Crippen molar-refractivity contribution in [3.05, 3.63) is 5.92 Å². The summed E-state index contributed by atoms with van der Waals surface area (Å²) in [6.07, 6.45) is 11.5. The molecule has 0 aromatic rings. The van der Waals surface area contributed by atoms with Crippen molar-refractivity contribution in [3.63, 3.8) is 0 Å². The van der Waals surface area contributed by atoms with Crippen LogP contribution in [0.3, 0.4) is 0 Å². The summed E-state index contributed by atoms with van der Waals surface area (Å²) in [6.45, 7) is 6.57. The van der Waals surface area contributed by atoms with Crippen LogP contribution < -0.4 is 17.2 Å². The van der Waals surface area contributed by atoms with Gasteiger partial charge in [-0.05, 0) is 26.1 Å². The average Bonchev–Trinajstić information content (AvgIpc) is 2.36. The van der Waals surface area contributed by atoms with E-state index in [2.05, 4.69) is 6.92 Å². The van der Waals surface area contributed by atoms with Gasteiger partial charge in [0.2, 0.25) is 0 Å². The molecule has 0 aromatic heterocycles. The van der Waals surface area contributed by atoms with Crippen molar-refractivity contribution in [2.24, 2.45) is 17.2 Å². The average molecular weight is 442 g/mol. The van der Waals surface area contributed by atoms with Gasteiger partial charge in [-0.2, -0.15) is 19.3 Å². The quantitative estimate of drug-likeness (QED) is 0.340. The van der Waals surface area contributed by atoms with Crippen LogP contribution in [0.5, 0.6) is 0 Å². The molecule has 0 atom stereocenters. The molecule has 0 fully saturated rings. The Morgan fingerprint density at radius 1 is 0.684 bits per heavy atom. The molecule has 0 heterocycles. The predicted molar refractivity (Wildman–Crippen MR) is 83.3 cm³/mol. The number of hydrogen-bond acceptors (Lipinski definition) is 3. The summed E-state index contributed by atoms with van der Waals surface area (Å²) in [5, 5.41) is 0. The molecule has 0 saturated carbocycles. The second-order valence-corrected chi connectivity index (χ2v) is 4.75. The molecule has 0 aromatic carbocycles. The van der Waals surface area contributed by atoms with Crippen molar-refractivity contribution in [2.75, 3.05) is 19.6 Å². The molecular formula is C15H36N3W-. The van der Waals surface area contributed by atoms with E-state index in [-0.39, 0.29) is 21.1 Å². The molecule has 0 unspecified atom stereocenters. The molecule has 6 N–H and O–H groups in total. The Labute approximate surface area is 135 Å². The zero-order valence-corrected chi connectivity index (χ0v) is 16.1. The van der Waals surface area contributed by atoms with Crippen molar-refractivity contribution in [1.29, 1.82) is 0 Å². The summed E-state index contributed by atoms with van der Waals surface area (Å²) < 4.78 is 0. The number of unbranched alkanes of at least 4 members (excludes halogenated alkanes) is 3. The third-order valence-electron chi connectivity index (χ3n) is 2.85. The summed E-state index contributed by atoms with van der Waals surface area (Å²) in [5.74, 6) is 1.72. The van der Waals surface area contributed by atoms with Crippen LogP contribution in [0.15, 0.2) is 0 Å². The van der Waals surface area contributed by atoms with Crippen LogP contribution in [0.4, 0.5) is 0 Å². The zero-order chi connectivity index (χ0) is 14.1. The van der Waals surface area contributed by atoms with Crippen molar-refractivity contribution in [3.8, 4) is 0 Å². The van der Waals surface area contributed by atoms with Gasteiger partial charge in [-0.25, -0.2) is 0 Å². The Balaban J connectivity index is -0.000000580. The van der Waals surface area contributed by atoms with E-state index in [0.717, 1.165) is 26.1 Å². The Morgan fingerprint density at radius 3 is 1.53 bits per heavy atom. The van der Waals surface area contributed by atoms with Gasteiger partial charge in [0.15, 0.2) is 0 Å². The molecule has 19 heavy (non-hydrogen) atoms. The summed E-state index contributed by atoms with van der Waals surface area (Å²) in [4.78, 5) is 0. The van der Waals surface area contributed by atoms with E-state index in [4.69, 9.17) is 17.2 Å². The molecule has 0 amide bonds. The maximum atomic E-state index is 5.55. The smallest absolute Gasteiger partial charge is 0 e. The van der Waals surface area contributed by atoms with Crippen molar-refractivity contribution in [1.82, 2.24) is 0 Å². The van der Waals surface area contributed by atoms with Gasteiger partial charge in [-0.1, -0.05) is 46.0 Å². The molecule has 0 aliphatic rings. The Bertz CT molecular complexity index is 125. The predicted octanol–water partition coefficient (Wildman–Crippen LogP) is 2.97.